The second-order valence-corrected chi connectivity index (χ2v) is 7.54. The van der Waals surface area contributed by atoms with Crippen LogP contribution in [-0.4, -0.2) is 39.8 Å². The summed E-state index contributed by atoms with van der Waals surface area (Å²) >= 11 is 1.19. The molecule has 1 aliphatic rings. The van der Waals surface area contributed by atoms with Gasteiger partial charge in [-0.05, 0) is 36.4 Å². The minimum absolute atomic E-state index is 0.0302. The number of thioether (sulfide) groups is 1. The Morgan fingerprint density at radius 2 is 1.97 bits per heavy atom. The van der Waals surface area contributed by atoms with Crippen molar-refractivity contribution in [3.63, 3.8) is 0 Å². The highest BCUT2D eigenvalue weighted by Crippen LogP contribution is 2.42. The molecule has 32 heavy (non-hydrogen) atoms. The zero-order valence-corrected chi connectivity index (χ0v) is 17.7. The molecule has 2 aromatic carbocycles. The van der Waals surface area contributed by atoms with Crippen LogP contribution in [0.3, 0.4) is 0 Å². The van der Waals surface area contributed by atoms with Gasteiger partial charge in [0.15, 0.2) is 22.5 Å². The van der Waals surface area contributed by atoms with E-state index in [1.54, 1.807) is 13.2 Å². The van der Waals surface area contributed by atoms with Crippen LogP contribution in [-0.2, 0) is 11.3 Å². The third-order valence-corrected chi connectivity index (χ3v) is 5.36. The fraction of sp³-hybridized carbons (Fsp3) is 0.190. The highest BCUT2D eigenvalue weighted by atomic mass is 32.2. The highest BCUT2D eigenvalue weighted by Gasteiger charge is 2.43. The molecular formula is C21H18F2N4O4S. The summed E-state index contributed by atoms with van der Waals surface area (Å²) in [6.07, 6.45) is -2.00. The number of nitrogens with one attached hydrogen (secondary N) is 1. The van der Waals surface area contributed by atoms with Gasteiger partial charge in [-0.2, -0.15) is 0 Å². The SMILES string of the molecule is C=CCn1c(SCC(=O)Nc2ccc3c(c2)OC(F)(F)O3)nnc1-c1ccc(OC)cc1. The van der Waals surface area contributed by atoms with Gasteiger partial charge >= 0.3 is 6.29 Å². The quantitative estimate of drug-likeness (QED) is 0.398. The van der Waals surface area contributed by atoms with Gasteiger partial charge in [0, 0.05) is 23.9 Å². The molecule has 4 rings (SSSR count). The highest BCUT2D eigenvalue weighted by molar-refractivity contribution is 7.99. The Bertz CT molecular complexity index is 1150. The zero-order chi connectivity index (χ0) is 22.7. The Balaban J connectivity index is 1.43. The maximum atomic E-state index is 13.1. The van der Waals surface area contributed by atoms with Crippen molar-refractivity contribution in [3.05, 3.63) is 55.1 Å². The first-order chi connectivity index (χ1) is 15.4. The van der Waals surface area contributed by atoms with Crippen LogP contribution in [0.25, 0.3) is 11.4 Å². The maximum Gasteiger partial charge on any atom is 0.586 e. The van der Waals surface area contributed by atoms with E-state index in [-0.39, 0.29) is 23.2 Å². The average Bonchev–Trinajstić information content (AvgIpc) is 3.31. The lowest BCUT2D eigenvalue weighted by Crippen LogP contribution is -2.25. The number of hydrogen-bond acceptors (Lipinski definition) is 7. The van der Waals surface area contributed by atoms with Gasteiger partial charge in [0.1, 0.15) is 5.75 Å². The molecular weight excluding hydrogens is 442 g/mol. The second-order valence-electron chi connectivity index (χ2n) is 6.60. The van der Waals surface area contributed by atoms with Crippen molar-refractivity contribution in [2.24, 2.45) is 0 Å². The number of amides is 1. The molecule has 0 bridgehead atoms. The Hall–Kier alpha value is -3.60. The average molecular weight is 460 g/mol. The molecule has 1 amide bonds. The number of benzene rings is 2. The lowest BCUT2D eigenvalue weighted by atomic mass is 10.2. The molecule has 2 heterocycles. The van der Waals surface area contributed by atoms with E-state index < -0.39 is 6.29 Å². The number of aromatic nitrogens is 3. The number of allylic oxidation sites excluding steroid dienone is 1. The van der Waals surface area contributed by atoms with Crippen LogP contribution in [0.2, 0.25) is 0 Å². The van der Waals surface area contributed by atoms with Crippen LogP contribution < -0.4 is 19.5 Å². The predicted octanol–water partition coefficient (Wildman–Crippen LogP) is 4.19. The zero-order valence-electron chi connectivity index (χ0n) is 16.9. The Morgan fingerprint density at radius 1 is 1.22 bits per heavy atom. The smallest absolute Gasteiger partial charge is 0.497 e. The molecule has 0 radical (unpaired) electrons. The van der Waals surface area contributed by atoms with Crippen molar-refractivity contribution in [3.8, 4) is 28.6 Å². The van der Waals surface area contributed by atoms with Crippen LogP contribution in [0.1, 0.15) is 0 Å². The maximum absolute atomic E-state index is 13.1. The van der Waals surface area contributed by atoms with E-state index in [9.17, 15) is 13.6 Å². The lowest BCUT2D eigenvalue weighted by molar-refractivity contribution is -0.286. The molecule has 0 fully saturated rings. The fourth-order valence-electron chi connectivity index (χ4n) is 3.00. The van der Waals surface area contributed by atoms with Gasteiger partial charge in [0.25, 0.3) is 0 Å². The number of carbonyl (C=O) groups excluding carboxylic acids is 1. The standard InChI is InChI=1S/C21H18F2N4O4S/c1-3-10-27-19(13-4-7-15(29-2)8-5-13)25-26-20(27)32-12-18(28)24-14-6-9-16-17(11-14)31-21(22,23)30-16/h3-9,11H,1,10,12H2,2H3,(H,24,28). The van der Waals surface area contributed by atoms with E-state index in [0.717, 1.165) is 11.3 Å². The number of carbonyl (C=O) groups is 1. The number of nitrogens with zero attached hydrogens (tertiary/aromatic N) is 3. The molecule has 8 nitrogen and oxygen atoms in total. The Kier molecular flexibility index (Phi) is 5.99. The monoisotopic (exact) mass is 460 g/mol. The van der Waals surface area contributed by atoms with Crippen LogP contribution in [0.4, 0.5) is 14.5 Å². The van der Waals surface area contributed by atoms with Crippen molar-refractivity contribution >= 4 is 23.4 Å². The summed E-state index contributed by atoms with van der Waals surface area (Å²) in [6, 6.07) is 11.4. The Morgan fingerprint density at radius 3 is 2.69 bits per heavy atom. The van der Waals surface area contributed by atoms with Crippen molar-refractivity contribution in [2.45, 2.75) is 18.0 Å². The summed E-state index contributed by atoms with van der Waals surface area (Å²) in [6.45, 7) is 4.22. The van der Waals surface area contributed by atoms with Gasteiger partial charge in [-0.1, -0.05) is 17.8 Å². The largest absolute Gasteiger partial charge is 0.586 e. The first kappa shape index (κ1) is 21.6. The van der Waals surface area contributed by atoms with E-state index in [4.69, 9.17) is 4.74 Å². The third-order valence-electron chi connectivity index (χ3n) is 4.39. The topological polar surface area (TPSA) is 87.5 Å². The van der Waals surface area contributed by atoms with E-state index in [1.165, 1.54) is 30.0 Å². The Labute approximate surface area is 186 Å². The minimum Gasteiger partial charge on any atom is -0.497 e. The van der Waals surface area contributed by atoms with Crippen molar-refractivity contribution < 1.29 is 27.8 Å². The first-order valence-corrected chi connectivity index (χ1v) is 10.4. The molecule has 0 saturated heterocycles. The molecule has 1 aliphatic heterocycles. The number of methoxy groups -OCH3 is 1. The summed E-state index contributed by atoms with van der Waals surface area (Å²) in [5, 5.41) is 11.6. The molecule has 166 valence electrons. The van der Waals surface area contributed by atoms with Crippen LogP contribution in [0, 0.1) is 0 Å². The van der Waals surface area contributed by atoms with Gasteiger partial charge in [-0.3, -0.25) is 9.36 Å². The predicted molar refractivity (Wildman–Crippen MR) is 114 cm³/mol. The molecule has 0 atom stereocenters. The molecule has 0 unspecified atom stereocenters. The summed E-state index contributed by atoms with van der Waals surface area (Å²) in [7, 11) is 1.59. The van der Waals surface area contributed by atoms with E-state index >= 15 is 0 Å². The van der Waals surface area contributed by atoms with Crippen molar-refractivity contribution in [2.75, 3.05) is 18.2 Å². The summed E-state index contributed by atoms with van der Waals surface area (Å²) in [5.41, 5.74) is 1.15. The van der Waals surface area contributed by atoms with Gasteiger partial charge in [0.05, 0.1) is 12.9 Å². The van der Waals surface area contributed by atoms with E-state index in [0.29, 0.717) is 23.2 Å². The summed E-state index contributed by atoms with van der Waals surface area (Å²) in [5.74, 6) is 0.804. The van der Waals surface area contributed by atoms with Crippen LogP contribution >= 0.6 is 11.8 Å². The number of halogens is 2. The summed E-state index contributed by atoms with van der Waals surface area (Å²) in [4.78, 5) is 12.4. The minimum atomic E-state index is -3.71. The van der Waals surface area contributed by atoms with E-state index in [1.807, 2.05) is 28.8 Å². The number of fused-ring (bicyclic) bond motifs is 1. The second kappa shape index (κ2) is 8.87. The fourth-order valence-corrected chi connectivity index (χ4v) is 3.74. The normalized spacial score (nSPS) is 13.6. The van der Waals surface area contributed by atoms with Gasteiger partial charge in [0.2, 0.25) is 5.91 Å². The van der Waals surface area contributed by atoms with Gasteiger partial charge in [-0.25, -0.2) is 0 Å². The number of anilines is 1. The van der Waals surface area contributed by atoms with Crippen molar-refractivity contribution in [1.29, 1.82) is 0 Å². The van der Waals surface area contributed by atoms with Gasteiger partial charge in [-0.15, -0.1) is 25.6 Å². The molecule has 1 N–H and O–H groups in total. The lowest BCUT2D eigenvalue weighted by Gasteiger charge is -2.09. The number of rotatable bonds is 8. The number of alkyl halides is 2. The number of ether oxygens (including phenoxy) is 3. The number of hydrogen-bond donors (Lipinski definition) is 1. The molecule has 1 aromatic heterocycles. The van der Waals surface area contributed by atoms with Crippen LogP contribution in [0.5, 0.6) is 17.2 Å². The molecule has 11 heteroatoms. The molecule has 3 aromatic rings. The van der Waals surface area contributed by atoms with Crippen LogP contribution in [0.15, 0.2) is 60.3 Å². The van der Waals surface area contributed by atoms with Crippen molar-refractivity contribution in [1.82, 2.24) is 14.8 Å². The first-order valence-electron chi connectivity index (χ1n) is 9.39. The third kappa shape index (κ3) is 4.67. The molecule has 0 aliphatic carbocycles. The summed E-state index contributed by atoms with van der Waals surface area (Å²) < 4.78 is 42.0. The molecule has 0 saturated carbocycles. The van der Waals surface area contributed by atoms with Gasteiger partial charge < -0.3 is 19.5 Å². The van der Waals surface area contributed by atoms with E-state index in [2.05, 4.69) is 31.6 Å². The molecule has 0 spiro atoms.